The summed E-state index contributed by atoms with van der Waals surface area (Å²) in [5, 5.41) is 12.6. The van der Waals surface area contributed by atoms with Gasteiger partial charge in [-0.2, -0.15) is 0 Å². The number of pyridine rings is 1. The van der Waals surface area contributed by atoms with Gasteiger partial charge in [0.25, 0.3) is 0 Å². The molecule has 0 aromatic carbocycles. The van der Waals surface area contributed by atoms with E-state index in [1.54, 1.807) is 18.3 Å². The fourth-order valence-electron chi connectivity index (χ4n) is 1.23. The molecule has 0 bridgehead atoms. The molecule has 0 saturated heterocycles. The molecule has 2 aromatic rings. The number of hydrogen-bond acceptors (Lipinski definition) is 5. The molecule has 5 nitrogen and oxygen atoms in total. The van der Waals surface area contributed by atoms with Crippen molar-refractivity contribution in [3.8, 4) is 5.75 Å². The largest absolute Gasteiger partial charge is 0.486 e. The van der Waals surface area contributed by atoms with Crippen molar-refractivity contribution in [1.29, 1.82) is 0 Å². The average molecular weight is 220 g/mol. The van der Waals surface area contributed by atoms with E-state index in [-0.39, 0.29) is 6.61 Å². The summed E-state index contributed by atoms with van der Waals surface area (Å²) >= 11 is 0. The van der Waals surface area contributed by atoms with Gasteiger partial charge in [-0.1, -0.05) is 5.16 Å². The molecular weight excluding hydrogens is 208 g/mol. The van der Waals surface area contributed by atoms with Crippen LogP contribution in [-0.2, 0) is 13.2 Å². The van der Waals surface area contributed by atoms with Gasteiger partial charge in [-0.05, 0) is 19.1 Å². The second kappa shape index (κ2) is 4.76. The molecule has 2 rings (SSSR count). The molecule has 0 aliphatic carbocycles. The van der Waals surface area contributed by atoms with Crippen LogP contribution in [0.25, 0.3) is 0 Å². The first-order valence-corrected chi connectivity index (χ1v) is 4.88. The average Bonchev–Trinajstić information content (AvgIpc) is 2.73. The minimum Gasteiger partial charge on any atom is -0.486 e. The number of hydrogen-bond donors (Lipinski definition) is 1. The van der Waals surface area contributed by atoms with Crippen molar-refractivity contribution < 1.29 is 14.4 Å². The molecular formula is C11H12N2O3. The van der Waals surface area contributed by atoms with E-state index in [4.69, 9.17) is 14.4 Å². The summed E-state index contributed by atoms with van der Waals surface area (Å²) in [5.41, 5.74) is 1.35. The molecule has 0 radical (unpaired) electrons. The molecule has 0 unspecified atom stereocenters. The second-order valence-corrected chi connectivity index (χ2v) is 3.36. The molecule has 0 spiro atoms. The summed E-state index contributed by atoms with van der Waals surface area (Å²) in [6.07, 6.45) is 1.57. The van der Waals surface area contributed by atoms with Crippen molar-refractivity contribution >= 4 is 0 Å². The van der Waals surface area contributed by atoms with Crippen LogP contribution in [0, 0.1) is 6.92 Å². The molecule has 0 atom stereocenters. The second-order valence-electron chi connectivity index (χ2n) is 3.36. The first-order valence-electron chi connectivity index (χ1n) is 4.88. The molecule has 5 heteroatoms. The Balaban J connectivity index is 1.94. The number of nitrogens with zero attached hydrogens (tertiary/aromatic N) is 2. The Morgan fingerprint density at radius 2 is 2.25 bits per heavy atom. The van der Waals surface area contributed by atoms with E-state index in [1.807, 2.05) is 13.0 Å². The number of aliphatic hydroxyl groups excluding tert-OH is 1. The van der Waals surface area contributed by atoms with E-state index < -0.39 is 0 Å². The SMILES string of the molecule is Cc1cc(COc2ccc(CO)nc2)no1. The lowest BCUT2D eigenvalue weighted by atomic mass is 10.3. The zero-order valence-electron chi connectivity index (χ0n) is 8.88. The van der Waals surface area contributed by atoms with Crippen molar-refractivity contribution in [3.05, 3.63) is 41.5 Å². The molecule has 0 aliphatic heterocycles. The van der Waals surface area contributed by atoms with Crippen molar-refractivity contribution in [2.75, 3.05) is 0 Å². The summed E-state index contributed by atoms with van der Waals surface area (Å²) in [6.45, 7) is 2.11. The van der Waals surface area contributed by atoms with Crippen LogP contribution in [0.4, 0.5) is 0 Å². The standard InChI is InChI=1S/C11H12N2O3/c1-8-4-10(13-16-8)7-15-11-3-2-9(6-14)12-5-11/h2-5,14H,6-7H2,1H3. The molecule has 0 amide bonds. The Kier molecular flexibility index (Phi) is 3.16. The van der Waals surface area contributed by atoms with Crippen LogP contribution in [0.2, 0.25) is 0 Å². The summed E-state index contributed by atoms with van der Waals surface area (Å²) in [6, 6.07) is 5.28. The van der Waals surface area contributed by atoms with Gasteiger partial charge >= 0.3 is 0 Å². The van der Waals surface area contributed by atoms with Crippen LogP contribution < -0.4 is 4.74 Å². The predicted octanol–water partition coefficient (Wildman–Crippen LogP) is 1.45. The monoisotopic (exact) mass is 220 g/mol. The van der Waals surface area contributed by atoms with E-state index in [9.17, 15) is 0 Å². The van der Waals surface area contributed by atoms with Gasteiger partial charge in [0.1, 0.15) is 23.8 Å². The minimum atomic E-state index is -0.0667. The number of aromatic nitrogens is 2. The smallest absolute Gasteiger partial charge is 0.138 e. The third kappa shape index (κ3) is 2.58. The van der Waals surface area contributed by atoms with Crippen LogP contribution in [0.1, 0.15) is 17.1 Å². The Bertz CT molecular complexity index is 451. The van der Waals surface area contributed by atoms with E-state index in [2.05, 4.69) is 10.1 Å². The van der Waals surface area contributed by atoms with Gasteiger partial charge in [0, 0.05) is 6.07 Å². The Morgan fingerprint density at radius 3 is 2.81 bits per heavy atom. The van der Waals surface area contributed by atoms with Gasteiger partial charge < -0.3 is 14.4 Å². The maximum atomic E-state index is 8.81. The third-order valence-electron chi connectivity index (χ3n) is 2.02. The maximum absolute atomic E-state index is 8.81. The normalized spacial score (nSPS) is 10.4. The molecule has 84 valence electrons. The van der Waals surface area contributed by atoms with Gasteiger partial charge in [-0.15, -0.1) is 0 Å². The molecule has 0 fully saturated rings. The summed E-state index contributed by atoms with van der Waals surface area (Å²) in [7, 11) is 0. The van der Waals surface area contributed by atoms with Gasteiger partial charge in [0.15, 0.2) is 0 Å². The van der Waals surface area contributed by atoms with Gasteiger partial charge in [-0.25, -0.2) is 0 Å². The van der Waals surface area contributed by atoms with Crippen molar-refractivity contribution in [1.82, 2.24) is 10.1 Å². The van der Waals surface area contributed by atoms with Crippen LogP contribution in [0.3, 0.4) is 0 Å². The van der Waals surface area contributed by atoms with Gasteiger partial charge in [0.2, 0.25) is 0 Å². The van der Waals surface area contributed by atoms with Crippen LogP contribution in [-0.4, -0.2) is 15.2 Å². The first-order chi connectivity index (χ1) is 7.78. The van der Waals surface area contributed by atoms with E-state index >= 15 is 0 Å². The highest BCUT2D eigenvalue weighted by molar-refractivity contribution is 5.19. The van der Waals surface area contributed by atoms with Gasteiger partial charge in [0.05, 0.1) is 18.5 Å². The van der Waals surface area contributed by atoms with Crippen LogP contribution in [0.15, 0.2) is 28.9 Å². The van der Waals surface area contributed by atoms with Crippen LogP contribution in [0.5, 0.6) is 5.75 Å². The molecule has 2 heterocycles. The predicted molar refractivity (Wildman–Crippen MR) is 55.7 cm³/mol. The summed E-state index contributed by atoms with van der Waals surface area (Å²) in [5.74, 6) is 1.39. The molecule has 0 saturated carbocycles. The minimum absolute atomic E-state index is 0.0667. The third-order valence-corrected chi connectivity index (χ3v) is 2.02. The van der Waals surface area contributed by atoms with Crippen molar-refractivity contribution in [2.45, 2.75) is 20.1 Å². The summed E-state index contributed by atoms with van der Waals surface area (Å²) in [4.78, 5) is 4.00. The lowest BCUT2D eigenvalue weighted by Crippen LogP contribution is -1.96. The first kappa shape index (κ1) is 10.6. The number of ether oxygens (including phenoxy) is 1. The highest BCUT2D eigenvalue weighted by Gasteiger charge is 2.01. The fourth-order valence-corrected chi connectivity index (χ4v) is 1.23. The summed E-state index contributed by atoms with van der Waals surface area (Å²) < 4.78 is 10.3. The quantitative estimate of drug-likeness (QED) is 0.844. The van der Waals surface area contributed by atoms with E-state index in [0.29, 0.717) is 18.1 Å². The molecule has 1 N–H and O–H groups in total. The molecule has 16 heavy (non-hydrogen) atoms. The highest BCUT2D eigenvalue weighted by Crippen LogP contribution is 2.11. The zero-order chi connectivity index (χ0) is 11.4. The molecule has 0 aliphatic rings. The van der Waals surface area contributed by atoms with E-state index in [0.717, 1.165) is 11.5 Å². The lowest BCUT2D eigenvalue weighted by molar-refractivity contribution is 0.273. The van der Waals surface area contributed by atoms with Crippen molar-refractivity contribution in [3.63, 3.8) is 0 Å². The fraction of sp³-hybridized carbons (Fsp3) is 0.273. The maximum Gasteiger partial charge on any atom is 0.138 e. The number of aryl methyl sites for hydroxylation is 1. The van der Waals surface area contributed by atoms with Gasteiger partial charge in [-0.3, -0.25) is 4.98 Å². The number of rotatable bonds is 4. The Hall–Kier alpha value is -1.88. The Morgan fingerprint density at radius 1 is 1.38 bits per heavy atom. The van der Waals surface area contributed by atoms with E-state index in [1.165, 1.54) is 0 Å². The lowest BCUT2D eigenvalue weighted by Gasteiger charge is -2.03. The topological polar surface area (TPSA) is 68.4 Å². The highest BCUT2D eigenvalue weighted by atomic mass is 16.5. The Labute approximate surface area is 92.7 Å². The van der Waals surface area contributed by atoms with Crippen molar-refractivity contribution in [2.24, 2.45) is 0 Å². The van der Waals surface area contributed by atoms with Crippen LogP contribution >= 0.6 is 0 Å². The molecule has 2 aromatic heterocycles. The zero-order valence-corrected chi connectivity index (χ0v) is 8.88. The number of aliphatic hydroxyl groups is 1.